The van der Waals surface area contributed by atoms with Gasteiger partial charge < -0.3 is 15.2 Å². The zero-order valence-corrected chi connectivity index (χ0v) is 14.3. The molecule has 0 radical (unpaired) electrons. The van der Waals surface area contributed by atoms with Crippen molar-refractivity contribution in [2.45, 2.75) is 25.4 Å². The Bertz CT molecular complexity index is 840. The van der Waals surface area contributed by atoms with Crippen LogP contribution in [0, 0.1) is 0 Å². The maximum Gasteiger partial charge on any atom is 0.206 e. The maximum absolute atomic E-state index is 6.18. The summed E-state index contributed by atoms with van der Waals surface area (Å²) in [6, 6.07) is 16.5. The van der Waals surface area contributed by atoms with Gasteiger partial charge in [0.05, 0.1) is 17.6 Å². The summed E-state index contributed by atoms with van der Waals surface area (Å²) in [5.74, 6) is 1.02. The number of nitrogens with two attached hydrogens (primary N) is 1. The van der Waals surface area contributed by atoms with Gasteiger partial charge in [-0.15, -0.1) is 0 Å². The highest BCUT2D eigenvalue weighted by Gasteiger charge is 2.22. The fourth-order valence-corrected chi connectivity index (χ4v) is 3.55. The highest BCUT2D eigenvalue weighted by molar-refractivity contribution is 6.30. The van der Waals surface area contributed by atoms with Gasteiger partial charge in [-0.1, -0.05) is 35.9 Å². The predicted molar refractivity (Wildman–Crippen MR) is 99.7 cm³/mol. The number of nitrogens with zero attached hydrogens (tertiary/aromatic N) is 3. The van der Waals surface area contributed by atoms with E-state index in [2.05, 4.69) is 39.8 Å². The van der Waals surface area contributed by atoms with E-state index in [1.54, 1.807) is 0 Å². The van der Waals surface area contributed by atoms with Crippen molar-refractivity contribution in [3.63, 3.8) is 0 Å². The second-order valence-electron chi connectivity index (χ2n) is 6.46. The molecule has 0 saturated carbocycles. The quantitative estimate of drug-likeness (QED) is 0.791. The van der Waals surface area contributed by atoms with E-state index in [1.165, 1.54) is 5.56 Å². The zero-order chi connectivity index (χ0) is 16.5. The number of benzene rings is 2. The lowest BCUT2D eigenvalue weighted by Gasteiger charge is -2.32. The molecule has 1 fully saturated rings. The molecule has 0 bridgehead atoms. The van der Waals surface area contributed by atoms with Crippen LogP contribution in [-0.2, 0) is 6.54 Å². The number of para-hydroxylation sites is 2. The minimum absolute atomic E-state index is 0.225. The fourth-order valence-electron chi connectivity index (χ4n) is 3.42. The first-order valence-electron chi connectivity index (χ1n) is 8.41. The first-order valence-corrected chi connectivity index (χ1v) is 8.79. The summed E-state index contributed by atoms with van der Waals surface area (Å²) in [4.78, 5) is 7.22. The van der Waals surface area contributed by atoms with Gasteiger partial charge in [-0.25, -0.2) is 4.98 Å². The molecule has 1 aliphatic heterocycles. The molecular weight excluding hydrogens is 320 g/mol. The van der Waals surface area contributed by atoms with E-state index < -0.39 is 0 Å². The van der Waals surface area contributed by atoms with Gasteiger partial charge in [0.25, 0.3) is 0 Å². The van der Waals surface area contributed by atoms with Crippen LogP contribution in [0.15, 0.2) is 48.5 Å². The molecule has 0 amide bonds. The topological polar surface area (TPSA) is 47.1 Å². The molecule has 2 N–H and O–H groups in total. The largest absolute Gasteiger partial charge is 0.341 e. The molecule has 1 aliphatic rings. The highest BCUT2D eigenvalue weighted by Crippen LogP contribution is 2.26. The summed E-state index contributed by atoms with van der Waals surface area (Å²) in [6.45, 7) is 2.65. The molecule has 1 saturated heterocycles. The molecule has 5 heteroatoms. The number of imidazole rings is 1. The summed E-state index contributed by atoms with van der Waals surface area (Å²) in [5, 5.41) is 0.761. The molecule has 1 atom stereocenters. The number of piperidine rings is 1. The van der Waals surface area contributed by atoms with Crippen molar-refractivity contribution in [1.29, 1.82) is 0 Å². The van der Waals surface area contributed by atoms with E-state index in [1.807, 2.05) is 18.2 Å². The van der Waals surface area contributed by atoms with Crippen LogP contribution < -0.4 is 10.6 Å². The van der Waals surface area contributed by atoms with Crippen molar-refractivity contribution >= 4 is 28.6 Å². The molecule has 0 aliphatic carbocycles. The minimum Gasteiger partial charge on any atom is -0.341 e. The second-order valence-corrected chi connectivity index (χ2v) is 6.90. The Morgan fingerprint density at radius 2 is 1.92 bits per heavy atom. The Balaban J connectivity index is 1.76. The lowest BCUT2D eigenvalue weighted by molar-refractivity contribution is 0.495. The lowest BCUT2D eigenvalue weighted by atomic mass is 10.1. The van der Waals surface area contributed by atoms with Gasteiger partial charge in [-0.3, -0.25) is 0 Å². The van der Waals surface area contributed by atoms with Gasteiger partial charge in [0.1, 0.15) is 0 Å². The number of fused-ring (bicyclic) bond motifs is 1. The molecule has 2 aromatic carbocycles. The van der Waals surface area contributed by atoms with E-state index in [0.717, 1.165) is 54.5 Å². The van der Waals surface area contributed by atoms with Crippen LogP contribution in [0.5, 0.6) is 0 Å². The zero-order valence-electron chi connectivity index (χ0n) is 13.5. The van der Waals surface area contributed by atoms with E-state index in [4.69, 9.17) is 22.3 Å². The van der Waals surface area contributed by atoms with Gasteiger partial charge in [0, 0.05) is 24.2 Å². The Kier molecular flexibility index (Phi) is 4.17. The number of rotatable bonds is 3. The van der Waals surface area contributed by atoms with Gasteiger partial charge in [0.2, 0.25) is 5.95 Å². The summed E-state index contributed by atoms with van der Waals surface area (Å²) < 4.78 is 2.29. The summed E-state index contributed by atoms with van der Waals surface area (Å²) in [6.07, 6.45) is 2.21. The molecule has 24 heavy (non-hydrogen) atoms. The van der Waals surface area contributed by atoms with E-state index in [9.17, 15) is 0 Å². The fraction of sp³-hybridized carbons (Fsp3) is 0.316. The minimum atomic E-state index is 0.225. The molecule has 0 spiro atoms. The molecule has 2 heterocycles. The summed E-state index contributed by atoms with van der Waals surface area (Å²) in [7, 11) is 0. The van der Waals surface area contributed by atoms with Crippen LogP contribution in [0.1, 0.15) is 18.4 Å². The van der Waals surface area contributed by atoms with Gasteiger partial charge in [-0.05, 0) is 42.7 Å². The average molecular weight is 341 g/mol. The first kappa shape index (κ1) is 15.5. The van der Waals surface area contributed by atoms with Gasteiger partial charge in [-0.2, -0.15) is 0 Å². The number of anilines is 1. The van der Waals surface area contributed by atoms with Gasteiger partial charge >= 0.3 is 0 Å². The van der Waals surface area contributed by atoms with Crippen molar-refractivity contribution in [1.82, 2.24) is 9.55 Å². The third-order valence-corrected chi connectivity index (χ3v) is 4.88. The van der Waals surface area contributed by atoms with Crippen LogP contribution in [0.25, 0.3) is 11.0 Å². The summed E-state index contributed by atoms with van der Waals surface area (Å²) in [5.41, 5.74) is 9.58. The maximum atomic E-state index is 6.18. The Hall–Kier alpha value is -2.04. The van der Waals surface area contributed by atoms with Crippen molar-refractivity contribution in [3.8, 4) is 0 Å². The lowest BCUT2D eigenvalue weighted by Crippen LogP contribution is -2.44. The van der Waals surface area contributed by atoms with Crippen molar-refractivity contribution < 1.29 is 0 Å². The molecular formula is C19H21ClN4. The molecule has 4 nitrogen and oxygen atoms in total. The first-order chi connectivity index (χ1) is 11.7. The average Bonchev–Trinajstić information content (AvgIpc) is 2.96. The standard InChI is InChI=1S/C19H21ClN4/c20-15-9-7-14(8-10-15)12-24-18-6-2-1-5-17(18)22-19(24)23-11-3-4-16(21)13-23/h1-2,5-10,16H,3-4,11-13,21H2/t16-/m0/s1. The Labute approximate surface area is 146 Å². The molecule has 0 unspecified atom stereocenters. The second kappa shape index (κ2) is 6.46. The third-order valence-electron chi connectivity index (χ3n) is 4.63. The summed E-state index contributed by atoms with van der Waals surface area (Å²) >= 11 is 6.02. The predicted octanol–water partition coefficient (Wildman–Crippen LogP) is 3.67. The highest BCUT2D eigenvalue weighted by atomic mass is 35.5. The van der Waals surface area contributed by atoms with Crippen molar-refractivity contribution in [2.24, 2.45) is 5.73 Å². The molecule has 124 valence electrons. The van der Waals surface area contributed by atoms with Crippen LogP contribution in [0.3, 0.4) is 0 Å². The van der Waals surface area contributed by atoms with Crippen molar-refractivity contribution in [3.05, 3.63) is 59.1 Å². The monoisotopic (exact) mass is 340 g/mol. The van der Waals surface area contributed by atoms with E-state index >= 15 is 0 Å². The van der Waals surface area contributed by atoms with Crippen molar-refractivity contribution in [2.75, 3.05) is 18.0 Å². The number of aromatic nitrogens is 2. The Morgan fingerprint density at radius 3 is 2.71 bits per heavy atom. The number of hydrogen-bond donors (Lipinski definition) is 1. The van der Waals surface area contributed by atoms with Gasteiger partial charge in [0.15, 0.2) is 0 Å². The number of halogens is 1. The van der Waals surface area contributed by atoms with Crippen LogP contribution in [-0.4, -0.2) is 28.7 Å². The molecule has 4 rings (SSSR count). The molecule has 3 aromatic rings. The SMILES string of the molecule is N[C@H]1CCCN(c2nc3ccccc3n2Cc2ccc(Cl)cc2)C1. The van der Waals surface area contributed by atoms with Crippen LogP contribution in [0.2, 0.25) is 5.02 Å². The Morgan fingerprint density at radius 1 is 1.12 bits per heavy atom. The van der Waals surface area contributed by atoms with E-state index in [-0.39, 0.29) is 6.04 Å². The molecule has 1 aromatic heterocycles. The van der Waals surface area contributed by atoms with Crippen LogP contribution in [0.4, 0.5) is 5.95 Å². The number of hydrogen-bond acceptors (Lipinski definition) is 3. The third kappa shape index (κ3) is 2.99. The van der Waals surface area contributed by atoms with E-state index in [0.29, 0.717) is 0 Å². The van der Waals surface area contributed by atoms with Crippen LogP contribution >= 0.6 is 11.6 Å². The normalized spacial score (nSPS) is 18.2. The smallest absolute Gasteiger partial charge is 0.206 e.